The van der Waals surface area contributed by atoms with Gasteiger partial charge >= 0.3 is 0 Å². The molecule has 0 aliphatic heterocycles. The van der Waals surface area contributed by atoms with Crippen molar-refractivity contribution in [3.05, 3.63) is 0 Å². The number of hydrogen-bond acceptors (Lipinski definition) is 1. The summed E-state index contributed by atoms with van der Waals surface area (Å²) in [6, 6.07) is 0. The summed E-state index contributed by atoms with van der Waals surface area (Å²) >= 11 is 9.67. The SMILES string of the molecule is CCC(O)C(F)(Cl)Cl. The maximum Gasteiger partial charge on any atom is 0.283 e. The lowest BCUT2D eigenvalue weighted by Crippen LogP contribution is -2.24. The van der Waals surface area contributed by atoms with E-state index in [9.17, 15) is 4.39 Å². The maximum atomic E-state index is 12.1. The van der Waals surface area contributed by atoms with E-state index in [1.807, 2.05) is 0 Å². The highest BCUT2D eigenvalue weighted by Crippen LogP contribution is 2.28. The van der Waals surface area contributed by atoms with Crippen LogP contribution < -0.4 is 0 Å². The Balaban J connectivity index is 3.62. The van der Waals surface area contributed by atoms with Gasteiger partial charge in [0.2, 0.25) is 0 Å². The molecule has 0 radical (unpaired) electrons. The fourth-order valence-corrected chi connectivity index (χ4v) is 0.540. The van der Waals surface area contributed by atoms with Gasteiger partial charge in [-0.1, -0.05) is 30.1 Å². The second-order valence-corrected chi connectivity index (χ2v) is 2.76. The largest absolute Gasteiger partial charge is 0.387 e. The lowest BCUT2D eigenvalue weighted by atomic mass is 10.3. The van der Waals surface area contributed by atoms with E-state index in [1.54, 1.807) is 6.92 Å². The van der Waals surface area contributed by atoms with E-state index >= 15 is 0 Å². The number of alkyl halides is 3. The van der Waals surface area contributed by atoms with Crippen molar-refractivity contribution in [1.29, 1.82) is 0 Å². The van der Waals surface area contributed by atoms with Crippen LogP contribution in [0.15, 0.2) is 0 Å². The topological polar surface area (TPSA) is 20.2 Å². The van der Waals surface area contributed by atoms with Gasteiger partial charge in [-0.25, -0.2) is 4.39 Å². The van der Waals surface area contributed by atoms with Gasteiger partial charge in [-0.3, -0.25) is 0 Å². The van der Waals surface area contributed by atoms with Crippen LogP contribution in [0.2, 0.25) is 0 Å². The first-order valence-corrected chi connectivity index (χ1v) is 2.99. The Morgan fingerprint density at radius 2 is 2.12 bits per heavy atom. The predicted octanol–water partition coefficient (Wildman–Crippen LogP) is 1.86. The molecule has 0 aliphatic carbocycles. The molecule has 0 aromatic carbocycles. The Kier molecular flexibility index (Phi) is 3.02. The summed E-state index contributed by atoms with van der Waals surface area (Å²) in [6.07, 6.45) is -1.07. The van der Waals surface area contributed by atoms with Gasteiger partial charge in [0.1, 0.15) is 6.10 Å². The van der Waals surface area contributed by atoms with E-state index in [2.05, 4.69) is 0 Å². The van der Waals surface area contributed by atoms with Gasteiger partial charge in [0.15, 0.2) is 0 Å². The second kappa shape index (κ2) is 2.85. The van der Waals surface area contributed by atoms with Crippen LogP contribution in [0.4, 0.5) is 4.39 Å². The fourth-order valence-electron chi connectivity index (χ4n) is 0.231. The molecule has 0 heterocycles. The third-order valence-electron chi connectivity index (χ3n) is 0.765. The molecule has 0 aliphatic rings. The minimum atomic E-state index is -2.49. The first-order chi connectivity index (χ1) is 3.48. The van der Waals surface area contributed by atoms with Crippen LogP contribution in [0, 0.1) is 0 Å². The highest BCUT2D eigenvalue weighted by atomic mass is 35.5. The summed E-state index contributed by atoms with van der Waals surface area (Å²) in [7, 11) is 0. The summed E-state index contributed by atoms with van der Waals surface area (Å²) < 4.78 is 9.57. The number of rotatable bonds is 2. The zero-order valence-corrected chi connectivity index (χ0v) is 5.88. The lowest BCUT2D eigenvalue weighted by Gasteiger charge is -2.13. The molecule has 0 amide bonds. The molecule has 0 saturated carbocycles. The standard InChI is InChI=1S/C4H7Cl2FO/c1-2-3(8)4(5,6)7/h3,8H,2H2,1H3. The summed E-state index contributed by atoms with van der Waals surface area (Å²) in [5, 5.41) is 8.56. The Bertz CT molecular complexity index is 70.9. The Morgan fingerprint density at radius 3 is 2.12 bits per heavy atom. The molecule has 0 aromatic heterocycles. The van der Waals surface area contributed by atoms with Crippen molar-refractivity contribution >= 4 is 23.2 Å². The molecule has 0 saturated heterocycles. The van der Waals surface area contributed by atoms with Crippen LogP contribution >= 0.6 is 23.2 Å². The zero-order chi connectivity index (χ0) is 6.78. The van der Waals surface area contributed by atoms with E-state index in [-0.39, 0.29) is 6.42 Å². The molecule has 0 rings (SSSR count). The Labute approximate surface area is 57.4 Å². The monoisotopic (exact) mass is 160 g/mol. The molecule has 0 spiro atoms. The normalized spacial score (nSPS) is 16.1. The average Bonchev–Trinajstić information content (AvgIpc) is 1.62. The third kappa shape index (κ3) is 2.70. The molecule has 1 atom stereocenters. The summed E-state index contributed by atoms with van der Waals surface area (Å²) in [6.45, 7) is 1.59. The van der Waals surface area contributed by atoms with Crippen molar-refractivity contribution in [2.24, 2.45) is 0 Å². The van der Waals surface area contributed by atoms with Crippen molar-refractivity contribution in [1.82, 2.24) is 0 Å². The van der Waals surface area contributed by atoms with Gasteiger partial charge in [0, 0.05) is 0 Å². The molecule has 0 bridgehead atoms. The summed E-state index contributed by atoms with van der Waals surface area (Å²) in [5.41, 5.74) is 0. The third-order valence-corrected chi connectivity index (χ3v) is 1.27. The van der Waals surface area contributed by atoms with Gasteiger partial charge < -0.3 is 5.11 Å². The molecular formula is C4H7Cl2FO. The van der Waals surface area contributed by atoms with Gasteiger partial charge in [-0.05, 0) is 6.42 Å². The van der Waals surface area contributed by atoms with Crippen LogP contribution in [0.25, 0.3) is 0 Å². The van der Waals surface area contributed by atoms with Crippen molar-refractivity contribution in [3.8, 4) is 0 Å². The van der Waals surface area contributed by atoms with Crippen molar-refractivity contribution in [3.63, 3.8) is 0 Å². The summed E-state index contributed by atoms with van der Waals surface area (Å²) in [5.74, 6) is 0. The van der Waals surface area contributed by atoms with Gasteiger partial charge in [-0.2, -0.15) is 0 Å². The highest BCUT2D eigenvalue weighted by Gasteiger charge is 2.31. The van der Waals surface area contributed by atoms with E-state index in [0.29, 0.717) is 0 Å². The van der Waals surface area contributed by atoms with E-state index in [0.717, 1.165) is 0 Å². The van der Waals surface area contributed by atoms with E-state index < -0.39 is 10.7 Å². The quantitative estimate of drug-likeness (QED) is 0.612. The second-order valence-electron chi connectivity index (χ2n) is 1.47. The molecule has 0 aromatic rings. The van der Waals surface area contributed by atoms with Gasteiger partial charge in [-0.15, -0.1) is 0 Å². The maximum absolute atomic E-state index is 12.1. The first kappa shape index (κ1) is 8.47. The van der Waals surface area contributed by atoms with Crippen LogP contribution in [-0.2, 0) is 0 Å². The predicted molar refractivity (Wildman–Crippen MR) is 31.8 cm³/mol. The fraction of sp³-hybridized carbons (Fsp3) is 1.00. The number of aliphatic hydroxyl groups excluding tert-OH is 1. The molecule has 1 nitrogen and oxygen atoms in total. The van der Waals surface area contributed by atoms with E-state index in [1.165, 1.54) is 0 Å². The number of aliphatic hydroxyl groups is 1. The molecule has 1 unspecified atom stereocenters. The zero-order valence-electron chi connectivity index (χ0n) is 4.37. The molecule has 1 N–H and O–H groups in total. The Morgan fingerprint density at radius 1 is 1.75 bits per heavy atom. The molecule has 8 heavy (non-hydrogen) atoms. The minimum Gasteiger partial charge on any atom is -0.387 e. The van der Waals surface area contributed by atoms with Gasteiger partial charge in [0.05, 0.1) is 0 Å². The van der Waals surface area contributed by atoms with Crippen LogP contribution in [0.3, 0.4) is 0 Å². The molecule has 0 fully saturated rings. The molecule has 4 heteroatoms. The minimum absolute atomic E-state index is 0.212. The van der Waals surface area contributed by atoms with Crippen molar-refractivity contribution in [2.75, 3.05) is 0 Å². The number of hydrogen-bond donors (Lipinski definition) is 1. The number of halogens is 3. The van der Waals surface area contributed by atoms with Crippen molar-refractivity contribution < 1.29 is 9.50 Å². The van der Waals surface area contributed by atoms with Crippen LogP contribution in [0.5, 0.6) is 0 Å². The van der Waals surface area contributed by atoms with Gasteiger partial charge in [0.25, 0.3) is 4.59 Å². The van der Waals surface area contributed by atoms with Crippen LogP contribution in [0.1, 0.15) is 13.3 Å². The molecular weight excluding hydrogens is 154 g/mol. The summed E-state index contributed by atoms with van der Waals surface area (Å²) in [4.78, 5) is 0. The average molecular weight is 161 g/mol. The smallest absolute Gasteiger partial charge is 0.283 e. The van der Waals surface area contributed by atoms with Crippen molar-refractivity contribution in [2.45, 2.75) is 24.0 Å². The first-order valence-electron chi connectivity index (χ1n) is 2.23. The molecule has 50 valence electrons. The van der Waals surface area contributed by atoms with Crippen LogP contribution in [-0.4, -0.2) is 15.8 Å². The highest BCUT2D eigenvalue weighted by molar-refractivity contribution is 6.47. The van der Waals surface area contributed by atoms with E-state index in [4.69, 9.17) is 28.3 Å². The Hall–Kier alpha value is 0.470. The lowest BCUT2D eigenvalue weighted by molar-refractivity contribution is 0.0942.